The first-order chi connectivity index (χ1) is 14.1. The molecule has 5 nitrogen and oxygen atoms in total. The Morgan fingerprint density at radius 2 is 1.93 bits per heavy atom. The second-order valence-electron chi connectivity index (χ2n) is 6.24. The summed E-state index contributed by atoms with van der Waals surface area (Å²) >= 11 is 8.72. The Bertz CT molecular complexity index is 937. The Hall–Kier alpha value is -2.64. The van der Waals surface area contributed by atoms with Crippen LogP contribution in [0.15, 0.2) is 71.3 Å². The molecular weight excluding hydrogens is 450 g/mol. The molecule has 3 aromatic rings. The lowest BCUT2D eigenvalue weighted by Crippen LogP contribution is -2.30. The molecule has 0 radical (unpaired) electrons. The molecule has 1 aromatic heterocycles. The van der Waals surface area contributed by atoms with Crippen LogP contribution in [0.1, 0.15) is 11.1 Å². The van der Waals surface area contributed by atoms with Crippen LogP contribution in [0.4, 0.5) is 5.82 Å². The second-order valence-corrected chi connectivity index (χ2v) is 7.56. The molecule has 0 atom stereocenters. The molecular formula is C22H22BrN3O2S. The van der Waals surface area contributed by atoms with Crippen LogP contribution in [-0.2, 0) is 13.0 Å². The summed E-state index contributed by atoms with van der Waals surface area (Å²) < 4.78 is 12.3. The van der Waals surface area contributed by atoms with Gasteiger partial charge in [0, 0.05) is 17.2 Å². The van der Waals surface area contributed by atoms with Gasteiger partial charge in [0.1, 0.15) is 23.9 Å². The van der Waals surface area contributed by atoms with Crippen molar-refractivity contribution in [2.24, 2.45) is 0 Å². The van der Waals surface area contributed by atoms with Crippen LogP contribution in [-0.4, -0.2) is 23.8 Å². The van der Waals surface area contributed by atoms with Gasteiger partial charge in [-0.1, -0.05) is 30.3 Å². The number of ether oxygens (including phenoxy) is 2. The molecule has 150 valence electrons. The zero-order valence-corrected chi connectivity index (χ0v) is 18.4. The van der Waals surface area contributed by atoms with Gasteiger partial charge in [-0.05, 0) is 76.0 Å². The van der Waals surface area contributed by atoms with E-state index in [9.17, 15) is 0 Å². The summed E-state index contributed by atoms with van der Waals surface area (Å²) in [5.41, 5.74) is 2.18. The molecule has 1 heterocycles. The molecule has 2 aromatic carbocycles. The van der Waals surface area contributed by atoms with Crippen LogP contribution in [0.2, 0.25) is 0 Å². The van der Waals surface area contributed by atoms with Gasteiger partial charge in [-0.25, -0.2) is 4.98 Å². The topological polar surface area (TPSA) is 55.4 Å². The van der Waals surface area contributed by atoms with E-state index in [1.54, 1.807) is 13.3 Å². The first-order valence-corrected chi connectivity index (χ1v) is 10.3. The van der Waals surface area contributed by atoms with Crippen LogP contribution in [0, 0.1) is 0 Å². The molecule has 0 saturated heterocycles. The standard InChI is InChI=1S/C22H22BrN3O2S/c1-27-19-8-9-20(28-15-16-5-3-2-4-6-16)17(13-19)11-12-24-22(29)26-21-10-7-18(23)14-25-21/h2-10,13-14H,11-12,15H2,1H3,(H2,24,25,26,29). The molecule has 0 aliphatic heterocycles. The van der Waals surface area contributed by atoms with E-state index in [0.717, 1.165) is 33.5 Å². The van der Waals surface area contributed by atoms with Crippen molar-refractivity contribution in [3.05, 3.63) is 82.5 Å². The van der Waals surface area contributed by atoms with Crippen molar-refractivity contribution in [1.82, 2.24) is 10.3 Å². The Kier molecular flexibility index (Phi) is 7.84. The summed E-state index contributed by atoms with van der Waals surface area (Å²) in [6.07, 6.45) is 2.45. The van der Waals surface area contributed by atoms with Crippen LogP contribution < -0.4 is 20.1 Å². The van der Waals surface area contributed by atoms with Gasteiger partial charge in [-0.3, -0.25) is 0 Å². The molecule has 0 aliphatic rings. The molecule has 0 unspecified atom stereocenters. The van der Waals surface area contributed by atoms with Gasteiger partial charge in [0.15, 0.2) is 5.11 Å². The van der Waals surface area contributed by atoms with E-state index >= 15 is 0 Å². The number of aromatic nitrogens is 1. The largest absolute Gasteiger partial charge is 0.497 e. The smallest absolute Gasteiger partial charge is 0.171 e. The summed E-state index contributed by atoms with van der Waals surface area (Å²) in [4.78, 5) is 4.25. The van der Waals surface area contributed by atoms with Crippen LogP contribution >= 0.6 is 28.1 Å². The van der Waals surface area contributed by atoms with Crippen molar-refractivity contribution in [3.63, 3.8) is 0 Å². The van der Waals surface area contributed by atoms with Gasteiger partial charge in [0.05, 0.1) is 7.11 Å². The van der Waals surface area contributed by atoms with Gasteiger partial charge in [0.25, 0.3) is 0 Å². The number of rotatable bonds is 8. The van der Waals surface area contributed by atoms with Crippen molar-refractivity contribution in [3.8, 4) is 11.5 Å². The van der Waals surface area contributed by atoms with Gasteiger partial charge in [0.2, 0.25) is 0 Å². The fourth-order valence-corrected chi connectivity index (χ4v) is 3.12. The minimum Gasteiger partial charge on any atom is -0.497 e. The van der Waals surface area contributed by atoms with E-state index in [0.29, 0.717) is 24.1 Å². The summed E-state index contributed by atoms with van der Waals surface area (Å²) in [7, 11) is 1.66. The second kappa shape index (κ2) is 10.8. The van der Waals surface area contributed by atoms with Crippen molar-refractivity contribution in [2.45, 2.75) is 13.0 Å². The minimum absolute atomic E-state index is 0.517. The average molecular weight is 472 g/mol. The number of hydrogen-bond acceptors (Lipinski definition) is 4. The Morgan fingerprint density at radius 3 is 2.66 bits per heavy atom. The molecule has 0 fully saturated rings. The zero-order valence-electron chi connectivity index (χ0n) is 16.0. The number of thiocarbonyl (C=S) groups is 1. The minimum atomic E-state index is 0.517. The number of anilines is 1. The Labute approximate surface area is 184 Å². The van der Waals surface area contributed by atoms with Crippen molar-refractivity contribution in [1.29, 1.82) is 0 Å². The highest BCUT2D eigenvalue weighted by Gasteiger charge is 2.07. The first kappa shape index (κ1) is 21.1. The monoisotopic (exact) mass is 471 g/mol. The number of hydrogen-bond donors (Lipinski definition) is 2. The van der Waals surface area contributed by atoms with Gasteiger partial charge >= 0.3 is 0 Å². The zero-order chi connectivity index (χ0) is 20.5. The number of nitrogens with one attached hydrogen (secondary N) is 2. The molecule has 0 amide bonds. The Morgan fingerprint density at radius 1 is 1.10 bits per heavy atom. The van der Waals surface area contributed by atoms with Crippen LogP contribution in [0.3, 0.4) is 0 Å². The van der Waals surface area contributed by atoms with E-state index in [1.165, 1.54) is 0 Å². The molecule has 29 heavy (non-hydrogen) atoms. The Balaban J connectivity index is 1.56. The fourth-order valence-electron chi connectivity index (χ4n) is 2.68. The third-order valence-corrected chi connectivity index (χ3v) is 4.87. The molecule has 0 spiro atoms. The molecule has 0 aliphatic carbocycles. The highest BCUT2D eigenvalue weighted by Crippen LogP contribution is 2.25. The summed E-state index contributed by atoms with van der Waals surface area (Å²) in [5.74, 6) is 2.33. The predicted molar refractivity (Wildman–Crippen MR) is 124 cm³/mol. The number of nitrogens with zero attached hydrogens (tertiary/aromatic N) is 1. The van der Waals surface area contributed by atoms with E-state index in [1.807, 2.05) is 60.7 Å². The van der Waals surface area contributed by atoms with Gasteiger partial charge < -0.3 is 20.1 Å². The molecule has 0 saturated carbocycles. The highest BCUT2D eigenvalue weighted by molar-refractivity contribution is 9.10. The fraction of sp³-hybridized carbons (Fsp3) is 0.182. The molecule has 2 N–H and O–H groups in total. The van der Waals surface area contributed by atoms with E-state index in [-0.39, 0.29) is 0 Å². The lowest BCUT2D eigenvalue weighted by Gasteiger charge is -2.14. The van der Waals surface area contributed by atoms with Crippen molar-refractivity contribution >= 4 is 39.1 Å². The average Bonchev–Trinajstić information content (AvgIpc) is 2.75. The van der Waals surface area contributed by atoms with E-state index < -0.39 is 0 Å². The van der Waals surface area contributed by atoms with E-state index in [2.05, 4.69) is 31.5 Å². The van der Waals surface area contributed by atoms with Gasteiger partial charge in [-0.2, -0.15) is 0 Å². The maximum absolute atomic E-state index is 6.04. The van der Waals surface area contributed by atoms with Crippen LogP contribution in [0.25, 0.3) is 0 Å². The molecule has 7 heteroatoms. The lowest BCUT2D eigenvalue weighted by atomic mass is 10.1. The number of halogens is 1. The molecule has 0 bridgehead atoms. The number of benzene rings is 2. The van der Waals surface area contributed by atoms with Gasteiger partial charge in [-0.15, -0.1) is 0 Å². The maximum Gasteiger partial charge on any atom is 0.171 e. The van der Waals surface area contributed by atoms with Crippen molar-refractivity contribution in [2.75, 3.05) is 19.0 Å². The third kappa shape index (κ3) is 6.73. The maximum atomic E-state index is 6.04. The van der Waals surface area contributed by atoms with Crippen molar-refractivity contribution < 1.29 is 9.47 Å². The SMILES string of the molecule is COc1ccc(OCc2ccccc2)c(CCNC(=S)Nc2ccc(Br)cn2)c1. The quantitative estimate of drug-likeness (QED) is 0.452. The predicted octanol–water partition coefficient (Wildman–Crippen LogP) is 4.96. The number of methoxy groups -OCH3 is 1. The molecule has 3 rings (SSSR count). The first-order valence-electron chi connectivity index (χ1n) is 9.14. The lowest BCUT2D eigenvalue weighted by molar-refractivity contribution is 0.302. The van der Waals surface area contributed by atoms with E-state index in [4.69, 9.17) is 21.7 Å². The third-order valence-electron chi connectivity index (χ3n) is 4.15. The normalized spacial score (nSPS) is 10.3. The summed E-state index contributed by atoms with van der Waals surface area (Å²) in [5, 5.41) is 6.80. The van der Waals surface area contributed by atoms with Crippen LogP contribution in [0.5, 0.6) is 11.5 Å². The summed E-state index contributed by atoms with van der Waals surface area (Å²) in [6.45, 7) is 1.17. The number of pyridine rings is 1. The highest BCUT2D eigenvalue weighted by atomic mass is 79.9. The summed E-state index contributed by atoms with van der Waals surface area (Å²) in [6, 6.07) is 19.7.